The number of halogens is 1. The molecule has 4 aliphatic rings. The van der Waals surface area contributed by atoms with E-state index < -0.39 is 5.82 Å². The van der Waals surface area contributed by atoms with E-state index in [0.29, 0.717) is 5.69 Å². The van der Waals surface area contributed by atoms with Gasteiger partial charge in [-0.05, 0) is 65.0 Å². The van der Waals surface area contributed by atoms with Gasteiger partial charge >= 0.3 is 4.87 Å². The summed E-state index contributed by atoms with van der Waals surface area (Å²) in [5.74, 6) is -1.13. The van der Waals surface area contributed by atoms with E-state index in [1.165, 1.54) is 46.1 Å². The third-order valence-corrected chi connectivity index (χ3v) is 11.5. The van der Waals surface area contributed by atoms with Crippen molar-refractivity contribution in [3.8, 4) is 0 Å². The highest BCUT2D eigenvalue weighted by Crippen LogP contribution is 2.68. The molecule has 2 saturated carbocycles. The van der Waals surface area contributed by atoms with Crippen molar-refractivity contribution in [2.75, 3.05) is 4.90 Å². The van der Waals surface area contributed by atoms with Crippen LogP contribution in [0.25, 0.3) is 0 Å². The standard InChI is InChI=1S/C29H27FN2O3S2/c1-29(2,3)14-6-4-13(5-7-14)19-20-17-12-18(23(20)36-25-24(19)37-28(35)31-25)22-21(17)26(33)32(27(22)34)16-10-8-15(30)9-11-16/h4-11,17-23H,12H2,1-3H3,(H,31,35)/t17-,18+,19-,20+,21+,22+,23-/m0/s1. The molecule has 2 aromatic carbocycles. The highest BCUT2D eigenvalue weighted by Gasteiger charge is 2.69. The minimum absolute atomic E-state index is 0.0120. The summed E-state index contributed by atoms with van der Waals surface area (Å²) in [4.78, 5) is 45.2. The first kappa shape index (κ1) is 23.4. The van der Waals surface area contributed by atoms with Crippen molar-refractivity contribution in [3.63, 3.8) is 0 Å². The molecule has 7 rings (SSSR count). The normalized spacial score (nSPS) is 32.0. The van der Waals surface area contributed by atoms with Gasteiger partial charge in [0, 0.05) is 16.0 Å². The van der Waals surface area contributed by atoms with Crippen LogP contribution in [0.3, 0.4) is 0 Å². The number of thioether (sulfide) groups is 1. The van der Waals surface area contributed by atoms with Crippen LogP contribution in [-0.2, 0) is 15.0 Å². The Kier molecular flexibility index (Phi) is 5.00. The van der Waals surface area contributed by atoms with Crippen LogP contribution in [-0.4, -0.2) is 22.0 Å². The lowest BCUT2D eigenvalue weighted by atomic mass is 9.68. The van der Waals surface area contributed by atoms with Crippen molar-refractivity contribution in [3.05, 3.63) is 80.0 Å². The first-order valence-corrected chi connectivity index (χ1v) is 14.5. The Morgan fingerprint density at radius 3 is 2.22 bits per heavy atom. The van der Waals surface area contributed by atoms with Gasteiger partial charge in [0.15, 0.2) is 0 Å². The minimum atomic E-state index is -0.397. The van der Waals surface area contributed by atoms with Crippen LogP contribution in [0.2, 0.25) is 0 Å². The number of aromatic nitrogens is 1. The number of hydrogen-bond acceptors (Lipinski definition) is 5. The average molecular weight is 535 g/mol. The largest absolute Gasteiger partial charge is 0.307 e. The summed E-state index contributed by atoms with van der Waals surface area (Å²) in [7, 11) is 0. The number of imide groups is 1. The number of nitrogens with zero attached hydrogens (tertiary/aromatic N) is 1. The summed E-state index contributed by atoms with van der Waals surface area (Å²) < 4.78 is 13.5. The number of nitrogens with one attached hydrogen (secondary N) is 1. The Morgan fingerprint density at radius 1 is 0.919 bits per heavy atom. The van der Waals surface area contributed by atoms with Gasteiger partial charge < -0.3 is 4.98 Å². The zero-order chi connectivity index (χ0) is 25.8. The summed E-state index contributed by atoms with van der Waals surface area (Å²) in [6.07, 6.45) is 0.849. The molecule has 3 aromatic rings. The van der Waals surface area contributed by atoms with Crippen LogP contribution in [0.1, 0.15) is 49.1 Å². The zero-order valence-electron chi connectivity index (χ0n) is 20.7. The molecule has 2 aliphatic heterocycles. The molecule has 3 heterocycles. The van der Waals surface area contributed by atoms with E-state index in [1.807, 2.05) is 0 Å². The third kappa shape index (κ3) is 3.31. The number of amides is 2. The van der Waals surface area contributed by atoms with Crippen LogP contribution in [0, 0.1) is 35.4 Å². The van der Waals surface area contributed by atoms with Gasteiger partial charge in [-0.15, -0.1) is 11.8 Å². The van der Waals surface area contributed by atoms with Gasteiger partial charge in [-0.3, -0.25) is 19.3 Å². The SMILES string of the molecule is CC(C)(C)c1ccc([C@@H]2c3sc(=O)[nH]c3S[C@H]3[C@@H]4C[C@H]([C@H]5C(=O)N(c6ccc(F)cc6)C(=O)[C@H]45)[C@H]23)cc1. The summed E-state index contributed by atoms with van der Waals surface area (Å²) in [5.41, 5.74) is 2.89. The van der Waals surface area contributed by atoms with Crippen molar-refractivity contribution in [2.45, 2.75) is 48.8 Å². The number of carbonyl (C=O) groups excluding carboxylic acids is 2. The van der Waals surface area contributed by atoms with Gasteiger partial charge in [-0.25, -0.2) is 4.39 Å². The number of rotatable bonds is 2. The molecule has 1 saturated heterocycles. The number of carbonyl (C=O) groups is 2. The maximum absolute atomic E-state index is 13.7. The fraction of sp³-hybridized carbons (Fsp3) is 0.414. The second-order valence-corrected chi connectivity index (χ2v) is 14.0. The molecule has 3 fully saturated rings. The summed E-state index contributed by atoms with van der Waals surface area (Å²) in [6.45, 7) is 6.57. The Bertz CT molecular complexity index is 1490. The quantitative estimate of drug-likeness (QED) is 0.438. The number of aromatic amines is 1. The van der Waals surface area contributed by atoms with Crippen LogP contribution in [0.15, 0.2) is 58.4 Å². The van der Waals surface area contributed by atoms with Crippen molar-refractivity contribution in [2.24, 2.45) is 29.6 Å². The number of benzene rings is 2. The molecular weight excluding hydrogens is 507 g/mol. The van der Waals surface area contributed by atoms with Crippen LogP contribution in [0.4, 0.5) is 10.1 Å². The lowest BCUT2D eigenvalue weighted by Gasteiger charge is -2.43. The monoisotopic (exact) mass is 534 g/mol. The molecule has 8 heteroatoms. The molecule has 1 aromatic heterocycles. The lowest BCUT2D eigenvalue weighted by molar-refractivity contribution is -0.123. The molecule has 2 amide bonds. The van der Waals surface area contributed by atoms with Gasteiger partial charge in [-0.2, -0.15) is 0 Å². The van der Waals surface area contributed by atoms with Crippen molar-refractivity contribution >= 4 is 40.6 Å². The van der Waals surface area contributed by atoms with Gasteiger partial charge in [0.05, 0.1) is 22.5 Å². The highest BCUT2D eigenvalue weighted by atomic mass is 32.2. The summed E-state index contributed by atoms with van der Waals surface area (Å²) >= 11 is 2.97. The fourth-order valence-electron chi connectivity index (χ4n) is 7.43. The zero-order valence-corrected chi connectivity index (χ0v) is 22.4. The second kappa shape index (κ2) is 7.90. The number of H-pyrrole nitrogens is 1. The molecular formula is C29H27FN2O3S2. The number of anilines is 1. The van der Waals surface area contributed by atoms with Gasteiger partial charge in [0.1, 0.15) is 5.82 Å². The molecule has 2 bridgehead atoms. The Balaban J connectivity index is 1.30. The van der Waals surface area contributed by atoms with Crippen LogP contribution >= 0.6 is 23.1 Å². The third-order valence-electron chi connectivity index (χ3n) is 8.94. The predicted molar refractivity (Wildman–Crippen MR) is 143 cm³/mol. The Labute approximate surface area is 222 Å². The second-order valence-electron chi connectivity index (χ2n) is 11.8. The van der Waals surface area contributed by atoms with Gasteiger partial charge in [0.25, 0.3) is 0 Å². The van der Waals surface area contributed by atoms with E-state index in [0.717, 1.165) is 21.9 Å². The smallest absolute Gasteiger partial charge is 0.305 e. The fourth-order valence-corrected chi connectivity index (χ4v) is 10.3. The first-order valence-electron chi connectivity index (χ1n) is 12.8. The van der Waals surface area contributed by atoms with Crippen LogP contribution < -0.4 is 9.77 Å². The molecule has 5 nitrogen and oxygen atoms in total. The van der Waals surface area contributed by atoms with E-state index in [4.69, 9.17) is 0 Å². The molecule has 190 valence electrons. The number of fused-ring (bicyclic) bond motifs is 9. The topological polar surface area (TPSA) is 70.2 Å². The molecule has 1 N–H and O–H groups in total. The Morgan fingerprint density at radius 2 is 1.57 bits per heavy atom. The van der Waals surface area contributed by atoms with E-state index in [9.17, 15) is 18.8 Å². The van der Waals surface area contributed by atoms with Crippen molar-refractivity contribution in [1.82, 2.24) is 4.98 Å². The molecule has 2 aliphatic carbocycles. The summed E-state index contributed by atoms with van der Waals surface area (Å²) in [6, 6.07) is 14.3. The molecule has 37 heavy (non-hydrogen) atoms. The maximum Gasteiger partial charge on any atom is 0.305 e. The molecule has 0 spiro atoms. The average Bonchev–Trinajstić information content (AvgIpc) is 3.58. The lowest BCUT2D eigenvalue weighted by Crippen LogP contribution is -2.42. The van der Waals surface area contributed by atoms with Crippen molar-refractivity contribution in [1.29, 1.82) is 0 Å². The van der Waals surface area contributed by atoms with E-state index in [2.05, 4.69) is 50.0 Å². The predicted octanol–water partition coefficient (Wildman–Crippen LogP) is 5.55. The molecule has 0 unspecified atom stereocenters. The van der Waals surface area contributed by atoms with Crippen LogP contribution in [0.5, 0.6) is 0 Å². The van der Waals surface area contributed by atoms with Gasteiger partial charge in [0.2, 0.25) is 11.8 Å². The highest BCUT2D eigenvalue weighted by molar-refractivity contribution is 8.00. The first-order chi connectivity index (χ1) is 17.6. The minimum Gasteiger partial charge on any atom is -0.307 e. The molecule has 7 atom stereocenters. The molecule has 0 radical (unpaired) electrons. The van der Waals surface area contributed by atoms with E-state index in [-0.39, 0.29) is 62.9 Å². The Hall–Kier alpha value is -2.71. The number of thiazole rings is 1. The summed E-state index contributed by atoms with van der Waals surface area (Å²) in [5, 5.41) is 1.07. The van der Waals surface area contributed by atoms with E-state index in [1.54, 1.807) is 11.8 Å². The van der Waals surface area contributed by atoms with E-state index >= 15 is 0 Å². The maximum atomic E-state index is 13.7. The van der Waals surface area contributed by atoms with Crippen molar-refractivity contribution < 1.29 is 14.0 Å². The van der Waals surface area contributed by atoms with Gasteiger partial charge in [-0.1, -0.05) is 56.4 Å². The number of hydrogen-bond donors (Lipinski definition) is 1.